The molecule has 7 heteroatoms. The van der Waals surface area contributed by atoms with Crippen LogP contribution in [0.3, 0.4) is 0 Å². The van der Waals surface area contributed by atoms with Crippen LogP contribution in [0.25, 0.3) is 0 Å². The van der Waals surface area contributed by atoms with Gasteiger partial charge in [0, 0.05) is 6.07 Å². The topological polar surface area (TPSA) is 85.9 Å². The molecule has 1 rings (SSSR count). The fourth-order valence-corrected chi connectivity index (χ4v) is 1.23. The Morgan fingerprint density at radius 3 is 2.15 bits per heavy atom. The third kappa shape index (κ3) is 2.72. The summed E-state index contributed by atoms with van der Waals surface area (Å²) in [6.07, 6.45) is 0. The zero-order chi connectivity index (χ0) is 9.35. The van der Waals surface area contributed by atoms with Gasteiger partial charge in [-0.15, -0.1) is 0 Å². The number of hydrogen-bond donors (Lipinski definition) is 1. The fraction of sp³-hybridized carbons (Fsp3) is 0. The van der Waals surface area contributed by atoms with E-state index in [-0.39, 0.29) is 5.48 Å². The van der Waals surface area contributed by atoms with E-state index >= 15 is 0 Å². The van der Waals surface area contributed by atoms with E-state index in [0.717, 1.165) is 6.07 Å². The standard InChI is InChI=1S/C6H4F2O3S.H2O/c7-4-1-2-6(5(8)3-4)12(9,10)11;/h1-3H,(H,9,10,11);1H2. The van der Waals surface area contributed by atoms with Gasteiger partial charge in [-0.2, -0.15) is 8.42 Å². The molecule has 0 amide bonds. The van der Waals surface area contributed by atoms with Crippen molar-refractivity contribution in [1.29, 1.82) is 0 Å². The van der Waals surface area contributed by atoms with Crippen molar-refractivity contribution in [3.8, 4) is 0 Å². The van der Waals surface area contributed by atoms with Crippen LogP contribution in [0.4, 0.5) is 8.78 Å². The molecule has 0 radical (unpaired) electrons. The first-order chi connectivity index (χ1) is 5.41. The maximum Gasteiger partial charge on any atom is 0.297 e. The number of rotatable bonds is 1. The normalized spacial score (nSPS) is 10.7. The summed E-state index contributed by atoms with van der Waals surface area (Å²) in [6, 6.07) is 1.77. The zero-order valence-electron chi connectivity index (χ0n) is 6.16. The molecule has 13 heavy (non-hydrogen) atoms. The molecular weight excluding hydrogens is 206 g/mol. The Morgan fingerprint density at radius 1 is 1.23 bits per heavy atom. The molecule has 0 spiro atoms. The first kappa shape index (κ1) is 11.9. The minimum atomic E-state index is -4.59. The molecule has 74 valence electrons. The molecule has 0 aliphatic rings. The molecule has 1 aromatic carbocycles. The molecule has 0 heterocycles. The zero-order valence-corrected chi connectivity index (χ0v) is 6.98. The van der Waals surface area contributed by atoms with Gasteiger partial charge in [0.1, 0.15) is 16.5 Å². The maximum absolute atomic E-state index is 12.6. The lowest BCUT2D eigenvalue weighted by atomic mass is 10.3. The van der Waals surface area contributed by atoms with E-state index in [1.165, 1.54) is 0 Å². The molecule has 0 atom stereocenters. The summed E-state index contributed by atoms with van der Waals surface area (Å²) < 4.78 is 53.9. The van der Waals surface area contributed by atoms with Crippen LogP contribution >= 0.6 is 0 Å². The van der Waals surface area contributed by atoms with Gasteiger partial charge in [0.15, 0.2) is 0 Å². The van der Waals surface area contributed by atoms with Crippen LogP contribution in [-0.4, -0.2) is 18.4 Å². The molecule has 0 saturated heterocycles. The maximum atomic E-state index is 12.6. The van der Waals surface area contributed by atoms with Gasteiger partial charge in [0.2, 0.25) is 0 Å². The van der Waals surface area contributed by atoms with Crippen LogP contribution in [0, 0.1) is 11.6 Å². The summed E-state index contributed by atoms with van der Waals surface area (Å²) in [6.45, 7) is 0. The van der Waals surface area contributed by atoms with Crippen molar-refractivity contribution < 1.29 is 27.2 Å². The Morgan fingerprint density at radius 2 is 1.77 bits per heavy atom. The number of benzene rings is 1. The van der Waals surface area contributed by atoms with Crippen LogP contribution in [0.15, 0.2) is 23.1 Å². The van der Waals surface area contributed by atoms with Crippen molar-refractivity contribution in [2.24, 2.45) is 0 Å². The van der Waals surface area contributed by atoms with Crippen molar-refractivity contribution in [3.05, 3.63) is 29.8 Å². The Hall–Kier alpha value is -1.05. The smallest absolute Gasteiger partial charge is 0.297 e. The predicted octanol–water partition coefficient (Wildman–Crippen LogP) is 0.387. The van der Waals surface area contributed by atoms with Crippen LogP contribution in [0.1, 0.15) is 0 Å². The highest BCUT2D eigenvalue weighted by Crippen LogP contribution is 2.14. The lowest BCUT2D eigenvalue weighted by molar-refractivity contribution is 0.471. The molecule has 0 fully saturated rings. The molecule has 0 aromatic heterocycles. The van der Waals surface area contributed by atoms with Gasteiger partial charge < -0.3 is 5.48 Å². The van der Waals surface area contributed by atoms with Gasteiger partial charge in [-0.3, -0.25) is 4.55 Å². The van der Waals surface area contributed by atoms with Crippen LogP contribution in [0.2, 0.25) is 0 Å². The summed E-state index contributed by atoms with van der Waals surface area (Å²) >= 11 is 0. The van der Waals surface area contributed by atoms with E-state index < -0.39 is 26.6 Å². The van der Waals surface area contributed by atoms with E-state index in [0.29, 0.717) is 12.1 Å². The summed E-state index contributed by atoms with van der Waals surface area (Å²) in [4.78, 5) is -0.927. The Kier molecular flexibility index (Phi) is 3.47. The third-order valence-corrected chi connectivity index (χ3v) is 2.06. The van der Waals surface area contributed by atoms with Gasteiger partial charge in [-0.1, -0.05) is 0 Å². The average molecular weight is 212 g/mol. The third-order valence-electron chi connectivity index (χ3n) is 1.17. The van der Waals surface area contributed by atoms with Gasteiger partial charge in [-0.05, 0) is 12.1 Å². The summed E-state index contributed by atoms with van der Waals surface area (Å²) in [7, 11) is -4.59. The molecule has 3 N–H and O–H groups in total. The van der Waals surface area contributed by atoms with Crippen molar-refractivity contribution in [3.63, 3.8) is 0 Å². The number of halogens is 2. The molecule has 0 unspecified atom stereocenters. The highest BCUT2D eigenvalue weighted by molar-refractivity contribution is 7.85. The van der Waals surface area contributed by atoms with Gasteiger partial charge in [0.25, 0.3) is 10.1 Å². The first-order valence-electron chi connectivity index (χ1n) is 2.84. The summed E-state index contributed by atoms with van der Waals surface area (Å²) in [5.74, 6) is -2.21. The molecule has 0 aliphatic heterocycles. The minimum absolute atomic E-state index is 0. The molecule has 0 saturated carbocycles. The molecule has 0 bridgehead atoms. The van der Waals surface area contributed by atoms with Gasteiger partial charge in [0.05, 0.1) is 0 Å². The molecule has 0 aliphatic carbocycles. The van der Waals surface area contributed by atoms with E-state index in [2.05, 4.69) is 0 Å². The molecule has 4 nitrogen and oxygen atoms in total. The van der Waals surface area contributed by atoms with Crippen molar-refractivity contribution in [2.75, 3.05) is 0 Å². The van der Waals surface area contributed by atoms with E-state index in [1.54, 1.807) is 0 Å². The van der Waals surface area contributed by atoms with Crippen molar-refractivity contribution in [2.45, 2.75) is 4.90 Å². The number of hydrogen-bond acceptors (Lipinski definition) is 2. The highest BCUT2D eigenvalue weighted by Gasteiger charge is 2.15. The van der Waals surface area contributed by atoms with Crippen molar-refractivity contribution in [1.82, 2.24) is 0 Å². The Balaban J connectivity index is 0.00000144. The van der Waals surface area contributed by atoms with E-state index in [4.69, 9.17) is 4.55 Å². The minimum Gasteiger partial charge on any atom is -0.412 e. The SMILES string of the molecule is O.O=S(=O)(O)c1ccc(F)cc1F. The lowest BCUT2D eigenvalue weighted by Gasteiger charge is -1.97. The van der Waals surface area contributed by atoms with Gasteiger partial charge in [-0.25, -0.2) is 8.78 Å². The first-order valence-corrected chi connectivity index (χ1v) is 4.28. The quantitative estimate of drug-likeness (QED) is 0.683. The summed E-state index contributed by atoms with van der Waals surface area (Å²) in [5.41, 5.74) is 0. The second-order valence-electron chi connectivity index (χ2n) is 2.05. The van der Waals surface area contributed by atoms with E-state index in [9.17, 15) is 17.2 Å². The Bertz CT molecular complexity index is 401. The fourth-order valence-electron chi connectivity index (χ4n) is 0.684. The second kappa shape index (κ2) is 3.77. The van der Waals surface area contributed by atoms with Crippen LogP contribution in [-0.2, 0) is 10.1 Å². The average Bonchev–Trinajstić information content (AvgIpc) is 1.83. The molecule has 1 aromatic rings. The summed E-state index contributed by atoms with van der Waals surface area (Å²) in [5, 5.41) is 0. The van der Waals surface area contributed by atoms with Crippen molar-refractivity contribution >= 4 is 10.1 Å². The Labute approximate surface area is 72.9 Å². The molecular formula is C6H6F2O4S. The van der Waals surface area contributed by atoms with Crippen LogP contribution in [0.5, 0.6) is 0 Å². The second-order valence-corrected chi connectivity index (χ2v) is 3.44. The van der Waals surface area contributed by atoms with E-state index in [1.807, 2.05) is 0 Å². The monoisotopic (exact) mass is 212 g/mol. The highest BCUT2D eigenvalue weighted by atomic mass is 32.2. The van der Waals surface area contributed by atoms with Crippen LogP contribution < -0.4 is 0 Å². The largest absolute Gasteiger partial charge is 0.412 e. The predicted molar refractivity (Wildman–Crippen MR) is 39.8 cm³/mol. The lowest BCUT2D eigenvalue weighted by Crippen LogP contribution is -2.01. The van der Waals surface area contributed by atoms with Gasteiger partial charge >= 0.3 is 0 Å².